The van der Waals surface area contributed by atoms with Gasteiger partial charge in [-0.25, -0.2) is 4.79 Å². The van der Waals surface area contributed by atoms with Gasteiger partial charge in [0.15, 0.2) is 0 Å². The van der Waals surface area contributed by atoms with E-state index in [-0.39, 0.29) is 23.8 Å². The van der Waals surface area contributed by atoms with E-state index >= 15 is 0 Å². The standard InChI is InChI=1S/C31H48N4O4/c1-19(2)24(17-20(3)29(38)39-12)35(11)28(37)26(30(4,5)6)33-27(36)25(32-9)31(7,8)22-18-34(10)23-16-14-13-15-21(22)23/h13-19,24-26,32H,1-12H3,(H,33,36)/t24-,25+,26+/m1/s1. The predicted molar refractivity (Wildman–Crippen MR) is 157 cm³/mol. The van der Waals surface area contributed by atoms with Crippen LogP contribution in [0.3, 0.4) is 0 Å². The molecule has 2 N–H and O–H groups in total. The lowest BCUT2D eigenvalue weighted by atomic mass is 9.76. The number of rotatable bonds is 10. The molecule has 2 amide bonds. The van der Waals surface area contributed by atoms with Crippen molar-refractivity contribution in [2.75, 3.05) is 21.2 Å². The van der Waals surface area contributed by atoms with Crippen molar-refractivity contribution < 1.29 is 19.1 Å². The number of aryl methyl sites for hydroxylation is 1. The van der Waals surface area contributed by atoms with Crippen LogP contribution in [0.5, 0.6) is 0 Å². The fraction of sp³-hybridized carbons (Fsp3) is 0.581. The highest BCUT2D eigenvalue weighted by Crippen LogP contribution is 2.35. The van der Waals surface area contributed by atoms with Crippen molar-refractivity contribution in [3.8, 4) is 0 Å². The van der Waals surface area contributed by atoms with Crippen LogP contribution in [0.25, 0.3) is 10.9 Å². The first-order valence-corrected chi connectivity index (χ1v) is 13.5. The maximum atomic E-state index is 13.9. The number of hydrogen-bond acceptors (Lipinski definition) is 5. The predicted octanol–water partition coefficient (Wildman–Crippen LogP) is 4.18. The summed E-state index contributed by atoms with van der Waals surface area (Å²) in [7, 11) is 6.82. The van der Waals surface area contributed by atoms with Crippen molar-refractivity contribution in [1.29, 1.82) is 0 Å². The lowest BCUT2D eigenvalue weighted by Crippen LogP contribution is -2.61. The van der Waals surface area contributed by atoms with Crippen LogP contribution in [-0.2, 0) is 31.6 Å². The molecule has 1 aromatic carbocycles. The molecule has 0 aliphatic heterocycles. The summed E-state index contributed by atoms with van der Waals surface area (Å²) in [4.78, 5) is 41.5. The number of aromatic nitrogens is 1. The number of carbonyl (C=O) groups excluding carboxylic acids is 3. The molecular weight excluding hydrogens is 492 g/mol. The van der Waals surface area contributed by atoms with Gasteiger partial charge < -0.3 is 24.8 Å². The van der Waals surface area contributed by atoms with Gasteiger partial charge in [-0.2, -0.15) is 0 Å². The second kappa shape index (κ2) is 12.4. The molecule has 216 valence electrons. The van der Waals surface area contributed by atoms with Crippen LogP contribution in [-0.4, -0.2) is 66.6 Å². The van der Waals surface area contributed by atoms with Gasteiger partial charge in [0.05, 0.1) is 19.2 Å². The monoisotopic (exact) mass is 540 g/mol. The summed E-state index contributed by atoms with van der Waals surface area (Å²) >= 11 is 0. The molecule has 3 atom stereocenters. The molecule has 0 aliphatic carbocycles. The molecule has 39 heavy (non-hydrogen) atoms. The van der Waals surface area contributed by atoms with Crippen LogP contribution >= 0.6 is 0 Å². The first kappa shape index (κ1) is 32.1. The average molecular weight is 541 g/mol. The Kier molecular flexibility index (Phi) is 10.2. The normalized spacial score (nSPS) is 15.2. The molecule has 0 spiro atoms. The zero-order chi connectivity index (χ0) is 29.9. The number of carbonyl (C=O) groups is 3. The van der Waals surface area contributed by atoms with Gasteiger partial charge in [-0.15, -0.1) is 0 Å². The zero-order valence-corrected chi connectivity index (χ0v) is 25.8. The molecule has 2 aromatic rings. The summed E-state index contributed by atoms with van der Waals surface area (Å²) in [6.07, 6.45) is 3.83. The van der Waals surface area contributed by atoms with E-state index in [4.69, 9.17) is 4.74 Å². The van der Waals surface area contributed by atoms with E-state index in [0.29, 0.717) is 5.57 Å². The lowest BCUT2D eigenvalue weighted by Gasteiger charge is -2.39. The molecule has 2 rings (SSSR count). The van der Waals surface area contributed by atoms with E-state index in [1.165, 1.54) is 7.11 Å². The largest absolute Gasteiger partial charge is 0.466 e. The highest BCUT2D eigenvalue weighted by molar-refractivity contribution is 5.93. The third kappa shape index (κ3) is 6.90. The number of hydrogen-bond donors (Lipinski definition) is 2. The fourth-order valence-electron chi connectivity index (χ4n) is 5.29. The SMILES string of the molecule is CN[C@@H](C(=O)N[C@@H](C(=O)N(C)[C@H](C=C(C)C(=O)OC)C(C)C)C(C)(C)C)C(C)(C)c1cn(C)c2ccccc12. The Morgan fingerprint density at radius 1 is 1.05 bits per heavy atom. The van der Waals surface area contributed by atoms with Gasteiger partial charge in [0.1, 0.15) is 6.04 Å². The van der Waals surface area contributed by atoms with Crippen molar-refractivity contribution in [2.24, 2.45) is 18.4 Å². The van der Waals surface area contributed by atoms with Crippen molar-refractivity contribution in [1.82, 2.24) is 20.1 Å². The average Bonchev–Trinajstić information content (AvgIpc) is 3.21. The summed E-state index contributed by atoms with van der Waals surface area (Å²) in [6, 6.07) is 6.39. The molecule has 0 radical (unpaired) electrons. The molecule has 0 saturated heterocycles. The Morgan fingerprint density at radius 3 is 2.15 bits per heavy atom. The number of esters is 1. The smallest absolute Gasteiger partial charge is 0.333 e. The fourth-order valence-corrected chi connectivity index (χ4v) is 5.29. The summed E-state index contributed by atoms with van der Waals surface area (Å²) in [5.41, 5.74) is 1.42. The van der Waals surface area contributed by atoms with Gasteiger partial charge in [0, 0.05) is 42.2 Å². The lowest BCUT2D eigenvalue weighted by molar-refractivity contribution is -0.141. The van der Waals surface area contributed by atoms with Crippen molar-refractivity contribution in [2.45, 2.75) is 78.9 Å². The highest BCUT2D eigenvalue weighted by atomic mass is 16.5. The van der Waals surface area contributed by atoms with E-state index < -0.39 is 28.9 Å². The third-order valence-electron chi connectivity index (χ3n) is 7.67. The van der Waals surface area contributed by atoms with Crippen molar-refractivity contribution in [3.63, 3.8) is 0 Å². The molecule has 8 heteroatoms. The summed E-state index contributed by atoms with van der Waals surface area (Å²) < 4.78 is 6.92. The Morgan fingerprint density at radius 2 is 1.64 bits per heavy atom. The van der Waals surface area contributed by atoms with Crippen LogP contribution in [0.2, 0.25) is 0 Å². The van der Waals surface area contributed by atoms with Gasteiger partial charge in [-0.1, -0.05) is 72.7 Å². The number of para-hydroxylation sites is 1. The first-order chi connectivity index (χ1) is 18.0. The number of methoxy groups -OCH3 is 1. The minimum atomic E-state index is -0.790. The molecule has 0 bridgehead atoms. The highest BCUT2D eigenvalue weighted by Gasteiger charge is 2.42. The van der Waals surface area contributed by atoms with Gasteiger partial charge in [0.25, 0.3) is 0 Å². The summed E-state index contributed by atoms with van der Waals surface area (Å²) in [6.45, 7) is 15.6. The van der Waals surface area contributed by atoms with E-state index in [2.05, 4.69) is 33.5 Å². The molecule has 0 unspecified atom stereocenters. The van der Waals surface area contributed by atoms with Gasteiger partial charge in [-0.3, -0.25) is 9.59 Å². The molecular formula is C31H48N4O4. The minimum Gasteiger partial charge on any atom is -0.466 e. The minimum absolute atomic E-state index is 0.0326. The van der Waals surface area contributed by atoms with Crippen LogP contribution in [0.15, 0.2) is 42.1 Å². The third-order valence-corrected chi connectivity index (χ3v) is 7.67. The maximum Gasteiger partial charge on any atom is 0.333 e. The second-order valence-corrected chi connectivity index (χ2v) is 12.4. The van der Waals surface area contributed by atoms with Crippen LogP contribution in [0, 0.1) is 11.3 Å². The number of amides is 2. The number of fused-ring (bicyclic) bond motifs is 1. The molecule has 1 heterocycles. The first-order valence-electron chi connectivity index (χ1n) is 13.5. The quantitative estimate of drug-likeness (QED) is 0.349. The topological polar surface area (TPSA) is 92.7 Å². The van der Waals surface area contributed by atoms with Crippen molar-refractivity contribution in [3.05, 3.63) is 47.7 Å². The van der Waals surface area contributed by atoms with Crippen molar-refractivity contribution >= 4 is 28.7 Å². The molecule has 0 fully saturated rings. The number of ether oxygens (including phenoxy) is 1. The van der Waals surface area contributed by atoms with Crippen LogP contribution in [0.1, 0.15) is 61.0 Å². The molecule has 1 aromatic heterocycles. The Balaban J connectivity index is 2.43. The van der Waals surface area contributed by atoms with Gasteiger partial charge in [-0.05, 0) is 36.9 Å². The Hall–Kier alpha value is -3.13. The molecule has 8 nitrogen and oxygen atoms in total. The Labute approximate surface area is 234 Å². The van der Waals surface area contributed by atoms with E-state index in [1.807, 2.05) is 67.6 Å². The van der Waals surface area contributed by atoms with Gasteiger partial charge in [0.2, 0.25) is 11.8 Å². The number of benzene rings is 1. The molecule has 0 aliphatic rings. The number of nitrogens with zero attached hydrogens (tertiary/aromatic N) is 2. The number of nitrogens with one attached hydrogen (secondary N) is 2. The molecule has 0 saturated carbocycles. The maximum absolute atomic E-state index is 13.9. The van der Waals surface area contributed by atoms with E-state index in [0.717, 1.165) is 16.5 Å². The van der Waals surface area contributed by atoms with Crippen LogP contribution < -0.4 is 10.6 Å². The zero-order valence-electron chi connectivity index (χ0n) is 25.8. The summed E-state index contributed by atoms with van der Waals surface area (Å²) in [5, 5.41) is 7.40. The van der Waals surface area contributed by atoms with E-state index in [9.17, 15) is 14.4 Å². The number of likely N-dealkylation sites (N-methyl/N-ethyl adjacent to an activating group) is 2. The van der Waals surface area contributed by atoms with E-state index in [1.54, 1.807) is 32.0 Å². The van der Waals surface area contributed by atoms with Gasteiger partial charge >= 0.3 is 5.97 Å². The second-order valence-electron chi connectivity index (χ2n) is 12.4. The Bertz CT molecular complexity index is 1220. The van der Waals surface area contributed by atoms with Crippen LogP contribution in [0.4, 0.5) is 0 Å². The summed E-state index contributed by atoms with van der Waals surface area (Å²) in [5.74, 6) is -0.874.